The molecule has 2 rings (SSSR count). The highest BCUT2D eigenvalue weighted by atomic mass is 32.2. The van der Waals surface area contributed by atoms with Gasteiger partial charge in [0, 0.05) is 12.2 Å². The van der Waals surface area contributed by atoms with Crippen LogP contribution in [0.3, 0.4) is 0 Å². The minimum absolute atomic E-state index is 0.247. The van der Waals surface area contributed by atoms with Gasteiger partial charge in [-0.2, -0.15) is 0 Å². The predicted octanol–water partition coefficient (Wildman–Crippen LogP) is 2.10. The molecule has 0 spiro atoms. The number of anilines is 1. The van der Waals surface area contributed by atoms with Gasteiger partial charge in [0.25, 0.3) is 0 Å². The van der Waals surface area contributed by atoms with Crippen LogP contribution in [0.15, 0.2) is 53.4 Å². The molecule has 2 aromatic carbocycles. The summed E-state index contributed by atoms with van der Waals surface area (Å²) in [6, 6.07) is 14.5. The Bertz CT molecular complexity index is 682. The van der Waals surface area contributed by atoms with E-state index in [1.54, 1.807) is 19.1 Å². The fourth-order valence-corrected chi connectivity index (χ4v) is 2.99. The van der Waals surface area contributed by atoms with Crippen LogP contribution in [-0.2, 0) is 16.4 Å². The summed E-state index contributed by atoms with van der Waals surface area (Å²) in [5.41, 5.74) is 8.14. The Morgan fingerprint density at radius 3 is 2.45 bits per heavy atom. The van der Waals surface area contributed by atoms with E-state index in [0.29, 0.717) is 18.7 Å². The van der Waals surface area contributed by atoms with E-state index in [0.717, 1.165) is 11.1 Å². The molecule has 0 saturated carbocycles. The van der Waals surface area contributed by atoms with E-state index < -0.39 is 10.0 Å². The molecule has 0 heterocycles. The first-order chi connectivity index (χ1) is 9.49. The molecule has 0 aromatic heterocycles. The molecule has 0 amide bonds. The van der Waals surface area contributed by atoms with Gasteiger partial charge in [-0.25, -0.2) is 13.1 Å². The van der Waals surface area contributed by atoms with Gasteiger partial charge in [0.2, 0.25) is 10.0 Å². The second-order valence-electron chi connectivity index (χ2n) is 4.65. The summed E-state index contributed by atoms with van der Waals surface area (Å²) in [6.07, 6.45) is 0.661. The van der Waals surface area contributed by atoms with Crippen LogP contribution in [0.1, 0.15) is 11.1 Å². The van der Waals surface area contributed by atoms with Crippen LogP contribution < -0.4 is 10.5 Å². The van der Waals surface area contributed by atoms with Gasteiger partial charge in [0.1, 0.15) is 0 Å². The molecule has 106 valence electrons. The summed E-state index contributed by atoms with van der Waals surface area (Å²) in [5, 5.41) is 0. The first-order valence-electron chi connectivity index (χ1n) is 6.39. The lowest BCUT2D eigenvalue weighted by atomic mass is 10.2. The van der Waals surface area contributed by atoms with Crippen molar-refractivity contribution < 1.29 is 8.42 Å². The number of nitrogens with one attached hydrogen (secondary N) is 1. The van der Waals surface area contributed by atoms with Crippen LogP contribution in [0.4, 0.5) is 5.69 Å². The van der Waals surface area contributed by atoms with Gasteiger partial charge >= 0.3 is 0 Å². The van der Waals surface area contributed by atoms with Crippen LogP contribution in [0, 0.1) is 6.92 Å². The lowest BCUT2D eigenvalue weighted by Crippen LogP contribution is -2.26. The van der Waals surface area contributed by atoms with Crippen molar-refractivity contribution in [2.75, 3.05) is 12.3 Å². The van der Waals surface area contributed by atoms with Gasteiger partial charge in [-0.3, -0.25) is 0 Å². The highest BCUT2D eigenvalue weighted by Gasteiger charge is 2.13. The van der Waals surface area contributed by atoms with Gasteiger partial charge in [0.15, 0.2) is 0 Å². The Kier molecular flexibility index (Phi) is 4.42. The van der Waals surface area contributed by atoms with Gasteiger partial charge < -0.3 is 5.73 Å². The third-order valence-corrected chi connectivity index (χ3v) is 4.56. The highest BCUT2D eigenvalue weighted by molar-refractivity contribution is 7.89. The zero-order valence-corrected chi connectivity index (χ0v) is 12.2. The molecule has 0 bridgehead atoms. The molecule has 0 aliphatic carbocycles. The van der Waals surface area contributed by atoms with Crippen molar-refractivity contribution in [2.45, 2.75) is 18.2 Å². The lowest BCUT2D eigenvalue weighted by molar-refractivity contribution is 0.581. The summed E-state index contributed by atoms with van der Waals surface area (Å²) in [5.74, 6) is 0. The number of nitrogens with two attached hydrogens (primary N) is 1. The van der Waals surface area contributed by atoms with E-state index in [4.69, 9.17) is 5.73 Å². The zero-order valence-electron chi connectivity index (χ0n) is 11.3. The van der Waals surface area contributed by atoms with Crippen molar-refractivity contribution in [1.82, 2.24) is 4.72 Å². The molecule has 2 aromatic rings. The van der Waals surface area contributed by atoms with Gasteiger partial charge in [-0.05, 0) is 42.7 Å². The molecule has 0 unspecified atom stereocenters. The first kappa shape index (κ1) is 14.6. The second-order valence-corrected chi connectivity index (χ2v) is 6.42. The Labute approximate surface area is 119 Å². The number of sulfonamides is 1. The standard InChI is InChI=1S/C15H18N2O2S/c1-12-11-14(7-8-15(12)16)20(18,19)17-10-9-13-5-3-2-4-6-13/h2-8,11,17H,9-10,16H2,1H3. The third-order valence-electron chi connectivity index (χ3n) is 3.10. The van der Waals surface area contributed by atoms with Gasteiger partial charge in [-0.15, -0.1) is 0 Å². The van der Waals surface area contributed by atoms with Crippen molar-refractivity contribution in [3.05, 3.63) is 59.7 Å². The highest BCUT2D eigenvalue weighted by Crippen LogP contribution is 2.16. The second kappa shape index (κ2) is 6.07. The van der Waals surface area contributed by atoms with Gasteiger partial charge in [-0.1, -0.05) is 30.3 Å². The number of hydrogen-bond acceptors (Lipinski definition) is 3. The van der Waals surface area contributed by atoms with Crippen molar-refractivity contribution in [1.29, 1.82) is 0 Å². The number of benzene rings is 2. The fraction of sp³-hybridized carbons (Fsp3) is 0.200. The average molecular weight is 290 g/mol. The third kappa shape index (κ3) is 3.59. The first-order valence-corrected chi connectivity index (χ1v) is 7.87. The fourth-order valence-electron chi connectivity index (χ4n) is 1.87. The monoisotopic (exact) mass is 290 g/mol. The molecule has 4 nitrogen and oxygen atoms in total. The van der Waals surface area contributed by atoms with Crippen molar-refractivity contribution in [3.63, 3.8) is 0 Å². The Morgan fingerprint density at radius 2 is 1.80 bits per heavy atom. The summed E-state index contributed by atoms with van der Waals surface area (Å²) in [4.78, 5) is 0.247. The van der Waals surface area contributed by atoms with E-state index in [1.807, 2.05) is 30.3 Å². The van der Waals surface area contributed by atoms with Crippen LogP contribution >= 0.6 is 0 Å². The number of hydrogen-bond donors (Lipinski definition) is 2. The predicted molar refractivity (Wildman–Crippen MR) is 80.9 cm³/mol. The maximum atomic E-state index is 12.1. The molecule has 0 aliphatic heterocycles. The minimum Gasteiger partial charge on any atom is -0.399 e. The molecule has 5 heteroatoms. The molecule has 0 radical (unpaired) electrons. The van der Waals surface area contributed by atoms with E-state index in [2.05, 4.69) is 4.72 Å². The van der Waals surface area contributed by atoms with Crippen LogP contribution in [0.2, 0.25) is 0 Å². The molecular weight excluding hydrogens is 272 g/mol. The number of aryl methyl sites for hydroxylation is 1. The lowest BCUT2D eigenvalue weighted by Gasteiger charge is -2.08. The van der Waals surface area contributed by atoms with E-state index in [9.17, 15) is 8.42 Å². The smallest absolute Gasteiger partial charge is 0.240 e. The maximum absolute atomic E-state index is 12.1. The summed E-state index contributed by atoms with van der Waals surface area (Å²) in [7, 11) is -3.48. The Hall–Kier alpha value is -1.85. The van der Waals surface area contributed by atoms with Crippen LogP contribution in [0.5, 0.6) is 0 Å². The Balaban J connectivity index is 2.02. The molecule has 0 saturated heterocycles. The van der Waals surface area contributed by atoms with E-state index in [1.165, 1.54) is 6.07 Å². The zero-order chi connectivity index (χ0) is 14.6. The molecule has 20 heavy (non-hydrogen) atoms. The molecule has 3 N–H and O–H groups in total. The minimum atomic E-state index is -3.48. The van der Waals surface area contributed by atoms with E-state index in [-0.39, 0.29) is 4.90 Å². The van der Waals surface area contributed by atoms with Gasteiger partial charge in [0.05, 0.1) is 4.90 Å². The largest absolute Gasteiger partial charge is 0.399 e. The normalized spacial score (nSPS) is 11.4. The summed E-state index contributed by atoms with van der Waals surface area (Å²) >= 11 is 0. The molecule has 0 aliphatic rings. The summed E-state index contributed by atoms with van der Waals surface area (Å²) in [6.45, 7) is 2.16. The quantitative estimate of drug-likeness (QED) is 0.828. The van der Waals surface area contributed by atoms with E-state index >= 15 is 0 Å². The molecule has 0 fully saturated rings. The average Bonchev–Trinajstić information content (AvgIpc) is 2.43. The van der Waals surface area contributed by atoms with Crippen LogP contribution in [-0.4, -0.2) is 15.0 Å². The van der Waals surface area contributed by atoms with Crippen molar-refractivity contribution in [3.8, 4) is 0 Å². The molecular formula is C15H18N2O2S. The van der Waals surface area contributed by atoms with Crippen LogP contribution in [0.25, 0.3) is 0 Å². The summed E-state index contributed by atoms with van der Waals surface area (Å²) < 4.78 is 26.9. The van der Waals surface area contributed by atoms with Crippen molar-refractivity contribution >= 4 is 15.7 Å². The number of rotatable bonds is 5. The Morgan fingerprint density at radius 1 is 1.10 bits per heavy atom. The molecule has 0 atom stereocenters. The maximum Gasteiger partial charge on any atom is 0.240 e. The number of nitrogen functional groups attached to an aromatic ring is 1. The SMILES string of the molecule is Cc1cc(S(=O)(=O)NCCc2ccccc2)ccc1N. The topological polar surface area (TPSA) is 72.2 Å². The van der Waals surface area contributed by atoms with Crippen molar-refractivity contribution in [2.24, 2.45) is 0 Å².